The molecule has 1 fully saturated rings. The van der Waals surface area contributed by atoms with Crippen molar-refractivity contribution < 1.29 is 4.79 Å². The minimum atomic E-state index is -0.145. The zero-order chi connectivity index (χ0) is 13.3. The Hall–Kier alpha value is -1.26. The third kappa shape index (κ3) is 2.76. The Morgan fingerprint density at radius 2 is 2.22 bits per heavy atom. The normalized spacial score (nSPS) is 20.3. The number of amides is 1. The first-order valence-electron chi connectivity index (χ1n) is 5.98. The monoisotopic (exact) mass is 267 g/mol. The van der Waals surface area contributed by atoms with Gasteiger partial charge in [-0.05, 0) is 36.0 Å². The quantitative estimate of drug-likeness (QED) is 0.580. The van der Waals surface area contributed by atoms with Crippen LogP contribution in [0.4, 0.5) is 5.69 Å². The molecule has 1 saturated carbocycles. The SMILES string of the molecule is CC1(C)CC1CNC(=O)c1cc(Cl)ccc1NN. The van der Waals surface area contributed by atoms with Crippen molar-refractivity contribution in [2.45, 2.75) is 20.3 Å². The van der Waals surface area contributed by atoms with Gasteiger partial charge < -0.3 is 10.7 Å². The highest BCUT2D eigenvalue weighted by Crippen LogP contribution is 2.51. The van der Waals surface area contributed by atoms with E-state index in [-0.39, 0.29) is 5.91 Å². The highest BCUT2D eigenvalue weighted by atomic mass is 35.5. The van der Waals surface area contributed by atoms with E-state index < -0.39 is 0 Å². The van der Waals surface area contributed by atoms with Crippen LogP contribution >= 0.6 is 11.6 Å². The molecular formula is C13H18ClN3O. The summed E-state index contributed by atoms with van der Waals surface area (Å²) in [6.07, 6.45) is 1.16. The number of anilines is 1. The van der Waals surface area contributed by atoms with Crippen LogP contribution in [0.2, 0.25) is 5.02 Å². The van der Waals surface area contributed by atoms with Gasteiger partial charge in [0.25, 0.3) is 5.91 Å². The summed E-state index contributed by atoms with van der Waals surface area (Å²) >= 11 is 5.89. The molecule has 1 unspecified atom stereocenters. The lowest BCUT2D eigenvalue weighted by Crippen LogP contribution is -2.28. The van der Waals surface area contributed by atoms with Gasteiger partial charge in [0.15, 0.2) is 0 Å². The Balaban J connectivity index is 2.02. The second kappa shape index (κ2) is 4.78. The van der Waals surface area contributed by atoms with Crippen LogP contribution in [-0.2, 0) is 0 Å². The van der Waals surface area contributed by atoms with E-state index in [4.69, 9.17) is 17.4 Å². The molecule has 1 atom stereocenters. The first kappa shape index (κ1) is 13.2. The third-order valence-electron chi connectivity index (χ3n) is 3.61. The van der Waals surface area contributed by atoms with Crippen molar-refractivity contribution in [3.63, 3.8) is 0 Å². The number of hydrogen-bond donors (Lipinski definition) is 3. The number of hydrazine groups is 1. The molecule has 0 aromatic heterocycles. The lowest BCUT2D eigenvalue weighted by molar-refractivity contribution is 0.0951. The molecule has 1 aliphatic carbocycles. The highest BCUT2D eigenvalue weighted by Gasteiger charge is 2.45. The molecule has 0 spiro atoms. The summed E-state index contributed by atoms with van der Waals surface area (Å²) in [5, 5.41) is 3.44. The van der Waals surface area contributed by atoms with Gasteiger partial charge >= 0.3 is 0 Å². The molecule has 0 aliphatic heterocycles. The van der Waals surface area contributed by atoms with Gasteiger partial charge in [-0.25, -0.2) is 0 Å². The van der Waals surface area contributed by atoms with Crippen molar-refractivity contribution in [2.24, 2.45) is 17.2 Å². The lowest BCUT2D eigenvalue weighted by Gasteiger charge is -2.10. The number of carbonyl (C=O) groups is 1. The van der Waals surface area contributed by atoms with Gasteiger partial charge in [0.2, 0.25) is 0 Å². The Morgan fingerprint density at radius 1 is 1.56 bits per heavy atom. The largest absolute Gasteiger partial charge is 0.352 e. The van der Waals surface area contributed by atoms with Gasteiger partial charge in [0.1, 0.15) is 0 Å². The van der Waals surface area contributed by atoms with Crippen molar-refractivity contribution in [1.82, 2.24) is 5.32 Å². The summed E-state index contributed by atoms with van der Waals surface area (Å²) in [5.74, 6) is 5.80. The molecule has 1 amide bonds. The van der Waals surface area contributed by atoms with E-state index in [1.54, 1.807) is 18.2 Å². The summed E-state index contributed by atoms with van der Waals surface area (Å²) in [7, 11) is 0. The van der Waals surface area contributed by atoms with Gasteiger partial charge in [-0.15, -0.1) is 0 Å². The summed E-state index contributed by atoms with van der Waals surface area (Å²) in [5.41, 5.74) is 3.91. The van der Waals surface area contributed by atoms with Crippen molar-refractivity contribution in [3.05, 3.63) is 28.8 Å². The molecule has 0 bridgehead atoms. The molecule has 1 aliphatic rings. The van der Waals surface area contributed by atoms with Gasteiger partial charge in [-0.1, -0.05) is 25.4 Å². The maximum Gasteiger partial charge on any atom is 0.253 e. The minimum Gasteiger partial charge on any atom is -0.352 e. The zero-order valence-corrected chi connectivity index (χ0v) is 11.3. The highest BCUT2D eigenvalue weighted by molar-refractivity contribution is 6.31. The van der Waals surface area contributed by atoms with Crippen LogP contribution in [0.3, 0.4) is 0 Å². The molecule has 0 saturated heterocycles. The maximum absolute atomic E-state index is 12.1. The van der Waals surface area contributed by atoms with Gasteiger partial charge in [0, 0.05) is 11.6 Å². The number of nitrogen functional groups attached to an aromatic ring is 1. The van der Waals surface area contributed by atoms with Crippen LogP contribution in [0.25, 0.3) is 0 Å². The second-order valence-corrected chi connectivity index (χ2v) is 5.87. The van der Waals surface area contributed by atoms with Crippen LogP contribution in [0, 0.1) is 11.3 Å². The molecule has 1 aromatic carbocycles. The fourth-order valence-corrected chi connectivity index (χ4v) is 2.24. The third-order valence-corrected chi connectivity index (χ3v) is 3.84. The van der Waals surface area contributed by atoms with E-state index in [1.807, 2.05) is 0 Å². The minimum absolute atomic E-state index is 0.145. The lowest BCUT2D eigenvalue weighted by atomic mass is 10.1. The molecule has 5 heteroatoms. The van der Waals surface area contributed by atoms with E-state index in [2.05, 4.69) is 24.6 Å². The van der Waals surface area contributed by atoms with Crippen LogP contribution in [0.5, 0.6) is 0 Å². The van der Waals surface area contributed by atoms with E-state index in [9.17, 15) is 4.79 Å². The van der Waals surface area contributed by atoms with Crippen LogP contribution in [0.15, 0.2) is 18.2 Å². The average molecular weight is 268 g/mol. The predicted octanol–water partition coefficient (Wildman–Crippen LogP) is 2.40. The maximum atomic E-state index is 12.1. The smallest absolute Gasteiger partial charge is 0.253 e. The van der Waals surface area contributed by atoms with Gasteiger partial charge in [-0.2, -0.15) is 0 Å². The number of carbonyl (C=O) groups excluding carboxylic acids is 1. The number of halogens is 1. The van der Waals surface area contributed by atoms with Gasteiger partial charge in [-0.3, -0.25) is 10.6 Å². The number of rotatable bonds is 4. The summed E-state index contributed by atoms with van der Waals surface area (Å²) in [6, 6.07) is 5.00. The number of nitrogens with one attached hydrogen (secondary N) is 2. The van der Waals surface area contributed by atoms with E-state index in [0.29, 0.717) is 34.2 Å². The van der Waals surface area contributed by atoms with Crippen molar-refractivity contribution in [2.75, 3.05) is 12.0 Å². The van der Waals surface area contributed by atoms with E-state index >= 15 is 0 Å². The summed E-state index contributed by atoms with van der Waals surface area (Å²) in [4.78, 5) is 12.1. The standard InChI is InChI=1S/C13H18ClN3O/c1-13(2)6-8(13)7-16-12(18)10-5-9(14)3-4-11(10)17-15/h3-5,8,17H,6-7,15H2,1-2H3,(H,16,18). The molecule has 4 nitrogen and oxygen atoms in total. The molecule has 0 heterocycles. The number of benzene rings is 1. The Morgan fingerprint density at radius 3 is 2.78 bits per heavy atom. The topological polar surface area (TPSA) is 67.2 Å². The molecule has 98 valence electrons. The summed E-state index contributed by atoms with van der Waals surface area (Å²) in [6.45, 7) is 5.11. The van der Waals surface area contributed by atoms with Crippen LogP contribution in [-0.4, -0.2) is 12.5 Å². The van der Waals surface area contributed by atoms with Crippen molar-refractivity contribution >= 4 is 23.2 Å². The molecule has 18 heavy (non-hydrogen) atoms. The Bertz CT molecular complexity index is 473. The average Bonchev–Trinajstić information content (AvgIpc) is 2.94. The van der Waals surface area contributed by atoms with Crippen LogP contribution in [0.1, 0.15) is 30.6 Å². The summed E-state index contributed by atoms with van der Waals surface area (Å²) < 4.78 is 0. The zero-order valence-electron chi connectivity index (χ0n) is 10.6. The molecule has 1 aromatic rings. The van der Waals surface area contributed by atoms with Gasteiger partial charge in [0.05, 0.1) is 11.3 Å². The molecule has 2 rings (SSSR count). The Kier molecular flexibility index (Phi) is 3.50. The molecule has 4 N–H and O–H groups in total. The number of nitrogens with two attached hydrogens (primary N) is 1. The fourth-order valence-electron chi connectivity index (χ4n) is 2.07. The van der Waals surface area contributed by atoms with Crippen LogP contribution < -0.4 is 16.6 Å². The fraction of sp³-hybridized carbons (Fsp3) is 0.462. The molecule has 0 radical (unpaired) electrons. The van der Waals surface area contributed by atoms with E-state index in [0.717, 1.165) is 6.42 Å². The van der Waals surface area contributed by atoms with Crippen molar-refractivity contribution in [3.8, 4) is 0 Å². The van der Waals surface area contributed by atoms with E-state index in [1.165, 1.54) is 0 Å². The second-order valence-electron chi connectivity index (χ2n) is 5.43. The first-order valence-corrected chi connectivity index (χ1v) is 6.36. The number of hydrogen-bond acceptors (Lipinski definition) is 3. The van der Waals surface area contributed by atoms with Crippen molar-refractivity contribution in [1.29, 1.82) is 0 Å². The first-order chi connectivity index (χ1) is 8.44. The predicted molar refractivity (Wildman–Crippen MR) is 73.5 cm³/mol. The molecular weight excluding hydrogens is 250 g/mol. The Labute approximate surface area is 112 Å².